The molecule has 0 heterocycles. The molecule has 4 heteroatoms. The topological polar surface area (TPSA) is 40.5 Å². The van der Waals surface area contributed by atoms with E-state index in [4.69, 9.17) is 0 Å². The monoisotopic (exact) mass is 460 g/mol. The first kappa shape index (κ1) is 19.6. The summed E-state index contributed by atoms with van der Waals surface area (Å²) in [6, 6.07) is 14.1. The molecule has 2 fully saturated rings. The van der Waals surface area contributed by atoms with Crippen molar-refractivity contribution in [2.24, 2.45) is 17.3 Å². The molecule has 2 N–H and O–H groups in total. The average Bonchev–Trinajstić information content (AvgIpc) is 3.01. The number of phenols is 1. The molecule has 0 radical (unpaired) electrons. The van der Waals surface area contributed by atoms with Gasteiger partial charge in [-0.1, -0.05) is 0 Å². The quantitative estimate of drug-likeness (QED) is 0.661. The van der Waals surface area contributed by atoms with Gasteiger partial charge < -0.3 is 0 Å². The van der Waals surface area contributed by atoms with Gasteiger partial charge in [-0.25, -0.2) is 0 Å². The van der Waals surface area contributed by atoms with Crippen LogP contribution in [0, 0.1) is 23.1 Å². The van der Waals surface area contributed by atoms with Gasteiger partial charge >= 0.3 is 179 Å². The van der Waals surface area contributed by atoms with E-state index >= 15 is 0 Å². The Balaban J connectivity index is 1.40. The molecule has 0 amide bonds. The molecule has 0 spiro atoms. The molecule has 0 aromatic heterocycles. The first-order valence-electron chi connectivity index (χ1n) is 10.8. The minimum absolute atomic E-state index is 0.0440. The number of phenolic OH excluding ortho intramolecular Hbond substituents is 1. The van der Waals surface area contributed by atoms with Crippen LogP contribution >= 0.6 is 0 Å². The van der Waals surface area contributed by atoms with Crippen LogP contribution in [-0.4, -0.2) is 30.8 Å². The van der Waals surface area contributed by atoms with Crippen LogP contribution in [0.2, 0.25) is 5.32 Å². The normalized spacial score (nSPS) is 35.6. The number of aromatic hydroxyl groups is 1. The predicted octanol–water partition coefficient (Wildman–Crippen LogP) is 4.57. The standard InChI is InChI=1S/C25H29FO2Se/c1-24-13-11-18-17-9-10-22(27)23(26)20(17)8-7-19(18)21(24)12-14-25(24,28)15-29-16-5-3-2-4-6-16/h2-6,9-10,18-19,21,27-28H,7-8,11-15H2,1H3/t18-,19-,21+,24+,25-/m1/s1. The Morgan fingerprint density at radius 2 is 1.86 bits per heavy atom. The summed E-state index contributed by atoms with van der Waals surface area (Å²) in [4.78, 5) is 0. The van der Waals surface area contributed by atoms with E-state index in [0.717, 1.165) is 48.6 Å². The Bertz CT molecular complexity index is 917. The second kappa shape index (κ2) is 7.11. The number of halogens is 1. The van der Waals surface area contributed by atoms with Crippen LogP contribution in [0.1, 0.15) is 56.1 Å². The second-order valence-electron chi connectivity index (χ2n) is 9.51. The third kappa shape index (κ3) is 2.99. The Labute approximate surface area is 178 Å². The first-order valence-corrected chi connectivity index (χ1v) is 12.9. The Hall–Kier alpha value is -1.35. The summed E-state index contributed by atoms with van der Waals surface area (Å²) >= 11 is 0.282. The zero-order valence-electron chi connectivity index (χ0n) is 16.9. The molecule has 2 saturated carbocycles. The minimum atomic E-state index is -0.584. The third-order valence-electron chi connectivity index (χ3n) is 8.37. The van der Waals surface area contributed by atoms with Crippen LogP contribution in [0.15, 0.2) is 42.5 Å². The van der Waals surface area contributed by atoms with E-state index < -0.39 is 11.4 Å². The molecule has 0 saturated heterocycles. The van der Waals surface area contributed by atoms with Gasteiger partial charge in [0.25, 0.3) is 0 Å². The second-order valence-corrected chi connectivity index (χ2v) is 11.7. The molecule has 5 atom stereocenters. The van der Waals surface area contributed by atoms with Crippen molar-refractivity contribution in [2.75, 3.05) is 0 Å². The van der Waals surface area contributed by atoms with Gasteiger partial charge in [-0.15, -0.1) is 0 Å². The van der Waals surface area contributed by atoms with E-state index in [1.807, 2.05) is 12.1 Å². The summed E-state index contributed by atoms with van der Waals surface area (Å²) in [5.74, 6) is 0.754. The van der Waals surface area contributed by atoms with Gasteiger partial charge in [0.15, 0.2) is 0 Å². The summed E-state index contributed by atoms with van der Waals surface area (Å²) in [6.07, 6.45) is 5.66. The SMILES string of the molecule is C[C@]12CC[C@@H]3c4ccc(O)c(F)c4CC[C@H]3[C@@H]1CC[C@@]2(O)C[Se]c1ccccc1. The molecular formula is C25H29FO2Se. The predicted molar refractivity (Wildman–Crippen MR) is 114 cm³/mol. The Morgan fingerprint density at radius 3 is 2.66 bits per heavy atom. The van der Waals surface area contributed by atoms with Gasteiger partial charge in [-0.05, 0) is 0 Å². The van der Waals surface area contributed by atoms with Gasteiger partial charge in [0, 0.05) is 0 Å². The number of aliphatic hydroxyl groups is 1. The molecule has 2 aromatic rings. The fourth-order valence-electron chi connectivity index (χ4n) is 6.68. The van der Waals surface area contributed by atoms with Crippen LogP contribution < -0.4 is 4.46 Å². The van der Waals surface area contributed by atoms with Gasteiger partial charge in [0.05, 0.1) is 0 Å². The molecule has 154 valence electrons. The number of hydrogen-bond acceptors (Lipinski definition) is 2. The van der Waals surface area contributed by atoms with Crippen molar-refractivity contribution in [1.82, 2.24) is 0 Å². The molecule has 3 aliphatic rings. The van der Waals surface area contributed by atoms with Crippen LogP contribution in [0.4, 0.5) is 4.39 Å². The van der Waals surface area contributed by atoms with Crippen molar-refractivity contribution in [2.45, 2.75) is 62.3 Å². The number of rotatable bonds is 3. The van der Waals surface area contributed by atoms with E-state index in [1.54, 1.807) is 0 Å². The number of hydrogen-bond donors (Lipinski definition) is 2. The van der Waals surface area contributed by atoms with Gasteiger partial charge in [0.2, 0.25) is 0 Å². The van der Waals surface area contributed by atoms with Crippen molar-refractivity contribution in [3.8, 4) is 5.75 Å². The van der Waals surface area contributed by atoms with Crippen LogP contribution in [0.3, 0.4) is 0 Å². The van der Waals surface area contributed by atoms with Gasteiger partial charge in [-0.2, -0.15) is 0 Å². The van der Waals surface area contributed by atoms with Gasteiger partial charge in [-0.3, -0.25) is 0 Å². The average molecular weight is 459 g/mol. The summed E-state index contributed by atoms with van der Waals surface area (Å²) < 4.78 is 15.8. The first-order chi connectivity index (χ1) is 13.9. The van der Waals surface area contributed by atoms with Crippen LogP contribution in [0.5, 0.6) is 5.75 Å². The summed E-state index contributed by atoms with van der Waals surface area (Å²) in [5, 5.41) is 22.5. The number of benzene rings is 2. The van der Waals surface area contributed by atoms with Gasteiger partial charge in [0.1, 0.15) is 0 Å². The van der Waals surface area contributed by atoms with Crippen molar-refractivity contribution >= 4 is 19.4 Å². The van der Waals surface area contributed by atoms with E-state index in [1.165, 1.54) is 10.5 Å². The third-order valence-corrected chi connectivity index (χ3v) is 10.9. The molecule has 3 aliphatic carbocycles. The van der Waals surface area contributed by atoms with Crippen molar-refractivity contribution < 1.29 is 14.6 Å². The molecule has 2 aromatic carbocycles. The Morgan fingerprint density at radius 1 is 1.07 bits per heavy atom. The maximum absolute atomic E-state index is 14.5. The van der Waals surface area contributed by atoms with Crippen molar-refractivity contribution in [3.05, 3.63) is 59.4 Å². The molecule has 5 rings (SSSR count). The summed E-state index contributed by atoms with van der Waals surface area (Å²) in [6.45, 7) is 2.33. The summed E-state index contributed by atoms with van der Waals surface area (Å²) in [7, 11) is 0. The fourth-order valence-corrected chi connectivity index (χ4v) is 9.26. The van der Waals surface area contributed by atoms with E-state index in [-0.39, 0.29) is 26.1 Å². The molecule has 0 bridgehead atoms. The molecule has 29 heavy (non-hydrogen) atoms. The van der Waals surface area contributed by atoms with Crippen LogP contribution in [0.25, 0.3) is 0 Å². The maximum atomic E-state index is 14.5. The summed E-state index contributed by atoms with van der Waals surface area (Å²) in [5.41, 5.74) is 1.22. The van der Waals surface area contributed by atoms with E-state index in [2.05, 4.69) is 31.2 Å². The zero-order chi connectivity index (χ0) is 20.2. The molecule has 2 nitrogen and oxygen atoms in total. The molecular weight excluding hydrogens is 430 g/mol. The fraction of sp³-hybridized carbons (Fsp3) is 0.520. The van der Waals surface area contributed by atoms with Crippen LogP contribution in [-0.2, 0) is 6.42 Å². The number of fused-ring (bicyclic) bond motifs is 5. The molecule has 0 aliphatic heterocycles. The van der Waals surface area contributed by atoms with Crippen molar-refractivity contribution in [3.63, 3.8) is 0 Å². The van der Waals surface area contributed by atoms with E-state index in [9.17, 15) is 14.6 Å². The zero-order valence-corrected chi connectivity index (χ0v) is 18.6. The Kier molecular flexibility index (Phi) is 4.81. The van der Waals surface area contributed by atoms with E-state index in [0.29, 0.717) is 24.2 Å². The van der Waals surface area contributed by atoms with Crippen molar-refractivity contribution in [1.29, 1.82) is 0 Å². The molecule has 0 unspecified atom stereocenters.